The predicted molar refractivity (Wildman–Crippen MR) is 86.8 cm³/mol. The van der Waals surface area contributed by atoms with E-state index >= 15 is 0 Å². The Morgan fingerprint density at radius 1 is 1.43 bits per heavy atom. The number of ether oxygens (including phenoxy) is 1. The normalized spacial score (nSPS) is 21.4. The van der Waals surface area contributed by atoms with Crippen molar-refractivity contribution in [3.63, 3.8) is 0 Å². The Morgan fingerprint density at radius 3 is 3.04 bits per heavy atom. The number of aryl methyl sites for hydroxylation is 1. The summed E-state index contributed by atoms with van der Waals surface area (Å²) < 4.78 is 9.98. The van der Waals surface area contributed by atoms with Gasteiger partial charge in [0, 0.05) is 50.6 Å². The summed E-state index contributed by atoms with van der Waals surface area (Å²) in [5.41, 5.74) is 0.976. The lowest BCUT2D eigenvalue weighted by atomic mass is 10.0. The monoisotopic (exact) mass is 318 g/mol. The van der Waals surface area contributed by atoms with Gasteiger partial charge in [-0.25, -0.2) is 9.67 Å². The summed E-state index contributed by atoms with van der Waals surface area (Å²) in [6, 6.07) is 0.344. The van der Waals surface area contributed by atoms with Crippen molar-refractivity contribution in [3.05, 3.63) is 30.1 Å². The minimum absolute atomic E-state index is 0.0868. The fraction of sp³-hybridized carbons (Fsp3) is 0.688. The fourth-order valence-electron chi connectivity index (χ4n) is 3.01. The summed E-state index contributed by atoms with van der Waals surface area (Å²) in [6.07, 6.45) is 7.03. The lowest BCUT2D eigenvalue weighted by Crippen LogP contribution is -2.26. The van der Waals surface area contributed by atoms with Gasteiger partial charge in [-0.05, 0) is 27.2 Å². The highest BCUT2D eigenvalue weighted by Crippen LogP contribution is 2.33. The van der Waals surface area contributed by atoms with Gasteiger partial charge in [0.05, 0.1) is 11.9 Å². The highest BCUT2D eigenvalue weighted by molar-refractivity contribution is 5.01. The van der Waals surface area contributed by atoms with Crippen molar-refractivity contribution >= 4 is 0 Å². The first-order valence-corrected chi connectivity index (χ1v) is 8.43. The molecule has 2 atom stereocenters. The lowest BCUT2D eigenvalue weighted by Gasteiger charge is -2.19. The quantitative estimate of drug-likeness (QED) is 0.845. The summed E-state index contributed by atoms with van der Waals surface area (Å²) in [5.74, 6) is 1.49. The Morgan fingerprint density at radius 2 is 2.30 bits per heavy atom. The van der Waals surface area contributed by atoms with Gasteiger partial charge in [0.25, 0.3) is 0 Å². The van der Waals surface area contributed by atoms with E-state index in [1.807, 2.05) is 23.3 Å². The van der Waals surface area contributed by atoms with Gasteiger partial charge >= 0.3 is 0 Å². The number of imidazole rings is 1. The molecule has 0 aromatic carbocycles. The van der Waals surface area contributed by atoms with Crippen molar-refractivity contribution in [2.24, 2.45) is 5.92 Å². The Kier molecular flexibility index (Phi) is 5.07. The van der Waals surface area contributed by atoms with E-state index in [0.29, 0.717) is 12.0 Å². The third kappa shape index (κ3) is 3.61. The average Bonchev–Trinajstić information content (AvgIpc) is 3.27. The minimum atomic E-state index is 0.0868. The molecule has 7 heteroatoms. The van der Waals surface area contributed by atoms with Gasteiger partial charge in [0.2, 0.25) is 0 Å². The molecule has 3 heterocycles. The van der Waals surface area contributed by atoms with Crippen molar-refractivity contribution in [1.82, 2.24) is 29.9 Å². The van der Waals surface area contributed by atoms with Gasteiger partial charge in [0.15, 0.2) is 0 Å². The molecule has 0 unspecified atom stereocenters. The Hall–Kier alpha value is -1.73. The molecule has 1 saturated heterocycles. The number of nitrogens with zero attached hydrogens (tertiary/aromatic N) is 5. The summed E-state index contributed by atoms with van der Waals surface area (Å²) in [6.45, 7) is 9.69. The molecule has 1 aliphatic heterocycles. The molecule has 0 bridgehead atoms. The van der Waals surface area contributed by atoms with Gasteiger partial charge < -0.3 is 14.6 Å². The topological polar surface area (TPSA) is 69.8 Å². The molecular weight excluding hydrogens is 292 g/mol. The largest absolute Gasteiger partial charge is 0.370 e. The van der Waals surface area contributed by atoms with Crippen molar-refractivity contribution in [1.29, 1.82) is 0 Å². The maximum atomic E-state index is 5.94. The molecule has 1 fully saturated rings. The van der Waals surface area contributed by atoms with E-state index in [4.69, 9.17) is 4.74 Å². The van der Waals surface area contributed by atoms with Crippen LogP contribution in [0.1, 0.15) is 50.9 Å². The molecule has 0 spiro atoms. The fourth-order valence-corrected chi connectivity index (χ4v) is 3.01. The first kappa shape index (κ1) is 16.1. The van der Waals surface area contributed by atoms with E-state index < -0.39 is 0 Å². The zero-order valence-electron chi connectivity index (χ0n) is 14.1. The second-order valence-corrected chi connectivity index (χ2v) is 6.33. The van der Waals surface area contributed by atoms with Crippen LogP contribution in [-0.4, -0.2) is 37.7 Å². The molecule has 1 aliphatic rings. The Bertz CT molecular complexity index is 620. The summed E-state index contributed by atoms with van der Waals surface area (Å²) >= 11 is 0. The van der Waals surface area contributed by atoms with Crippen LogP contribution in [0.5, 0.6) is 0 Å². The van der Waals surface area contributed by atoms with Gasteiger partial charge in [-0.2, -0.15) is 0 Å². The third-order valence-electron chi connectivity index (χ3n) is 4.36. The summed E-state index contributed by atoms with van der Waals surface area (Å²) in [7, 11) is 0. The highest BCUT2D eigenvalue weighted by Gasteiger charge is 2.32. The maximum Gasteiger partial charge on any atom is 0.138 e. The lowest BCUT2D eigenvalue weighted by molar-refractivity contribution is 0.0803. The van der Waals surface area contributed by atoms with Crippen molar-refractivity contribution < 1.29 is 4.74 Å². The second kappa shape index (κ2) is 7.23. The Labute approximate surface area is 137 Å². The van der Waals surface area contributed by atoms with E-state index in [0.717, 1.165) is 44.2 Å². The molecule has 0 radical (unpaired) electrons. The molecule has 0 amide bonds. The summed E-state index contributed by atoms with van der Waals surface area (Å²) in [5, 5.41) is 11.8. The molecule has 7 nitrogen and oxygen atoms in total. The highest BCUT2D eigenvalue weighted by atomic mass is 16.5. The number of nitrogens with one attached hydrogen (secondary N) is 1. The van der Waals surface area contributed by atoms with E-state index in [1.165, 1.54) is 0 Å². The van der Waals surface area contributed by atoms with Crippen LogP contribution < -0.4 is 5.32 Å². The third-order valence-corrected chi connectivity index (χ3v) is 4.36. The number of hydrogen-bond donors (Lipinski definition) is 1. The molecule has 0 saturated carbocycles. The number of rotatable bonds is 7. The minimum Gasteiger partial charge on any atom is -0.370 e. The van der Waals surface area contributed by atoms with Crippen molar-refractivity contribution in [2.45, 2.75) is 52.4 Å². The molecule has 23 heavy (non-hydrogen) atoms. The van der Waals surface area contributed by atoms with Crippen LogP contribution in [0.15, 0.2) is 18.6 Å². The van der Waals surface area contributed by atoms with Crippen LogP contribution in [0.3, 0.4) is 0 Å². The summed E-state index contributed by atoms with van der Waals surface area (Å²) in [4.78, 5) is 4.49. The van der Waals surface area contributed by atoms with E-state index in [-0.39, 0.29) is 6.10 Å². The van der Waals surface area contributed by atoms with Crippen LogP contribution in [-0.2, 0) is 17.8 Å². The molecule has 3 rings (SSSR count). The van der Waals surface area contributed by atoms with Gasteiger partial charge in [-0.3, -0.25) is 0 Å². The Balaban J connectivity index is 1.54. The van der Waals surface area contributed by atoms with Gasteiger partial charge in [-0.15, -0.1) is 5.10 Å². The SMILES string of the molecule is CCn1ccnc1[C@@H]1OCC[C@H]1CNCc1cn(C(C)C)nn1. The van der Waals surface area contributed by atoms with Gasteiger partial charge in [-0.1, -0.05) is 5.21 Å². The van der Waals surface area contributed by atoms with E-state index in [2.05, 4.69) is 46.0 Å². The van der Waals surface area contributed by atoms with Crippen LogP contribution >= 0.6 is 0 Å². The molecule has 126 valence electrons. The zero-order chi connectivity index (χ0) is 16.2. The van der Waals surface area contributed by atoms with Crippen molar-refractivity contribution in [3.8, 4) is 0 Å². The predicted octanol–water partition coefficient (Wildman–Crippen LogP) is 1.94. The molecule has 0 aliphatic carbocycles. The maximum absolute atomic E-state index is 5.94. The smallest absolute Gasteiger partial charge is 0.138 e. The number of hydrogen-bond acceptors (Lipinski definition) is 5. The van der Waals surface area contributed by atoms with E-state index in [1.54, 1.807) is 0 Å². The van der Waals surface area contributed by atoms with Crippen LogP contribution in [0.25, 0.3) is 0 Å². The van der Waals surface area contributed by atoms with Crippen LogP contribution in [0.4, 0.5) is 0 Å². The van der Waals surface area contributed by atoms with Crippen LogP contribution in [0.2, 0.25) is 0 Å². The standard InChI is InChI=1S/C16H26N6O/c1-4-21-7-6-18-16(21)15-13(5-8-23-15)9-17-10-14-11-22(12(2)3)20-19-14/h6-7,11-13,15,17H,4-5,8-10H2,1-3H3/t13-,15+/m0/s1. The van der Waals surface area contributed by atoms with Crippen molar-refractivity contribution in [2.75, 3.05) is 13.2 Å². The first-order chi connectivity index (χ1) is 11.2. The molecular formula is C16H26N6O. The van der Waals surface area contributed by atoms with Crippen LogP contribution in [0, 0.1) is 5.92 Å². The number of aromatic nitrogens is 5. The van der Waals surface area contributed by atoms with Gasteiger partial charge in [0.1, 0.15) is 11.9 Å². The zero-order valence-corrected chi connectivity index (χ0v) is 14.1. The molecule has 2 aromatic heterocycles. The van der Waals surface area contributed by atoms with E-state index in [9.17, 15) is 0 Å². The average molecular weight is 318 g/mol. The molecule has 2 aromatic rings. The second-order valence-electron chi connectivity index (χ2n) is 6.33. The molecule has 1 N–H and O–H groups in total. The first-order valence-electron chi connectivity index (χ1n) is 8.43.